The van der Waals surface area contributed by atoms with Crippen molar-refractivity contribution in [2.24, 2.45) is 34.5 Å². The molecule has 4 aliphatic carbocycles. The minimum atomic E-state index is -1.14. The number of rotatable bonds is 2. The van der Waals surface area contributed by atoms with Crippen molar-refractivity contribution in [1.29, 1.82) is 0 Å². The van der Waals surface area contributed by atoms with Gasteiger partial charge in [0, 0.05) is 5.41 Å². The summed E-state index contributed by atoms with van der Waals surface area (Å²) in [7, 11) is 0. The van der Waals surface area contributed by atoms with Gasteiger partial charge in [-0.15, -0.1) is 0 Å². The van der Waals surface area contributed by atoms with Crippen LogP contribution >= 0.6 is 0 Å². The van der Waals surface area contributed by atoms with Crippen molar-refractivity contribution >= 4 is 0 Å². The molecule has 4 saturated carbocycles. The maximum absolute atomic E-state index is 11.3. The molecule has 0 amide bonds. The number of aliphatic hydroxyl groups excluding tert-OH is 3. The van der Waals surface area contributed by atoms with Gasteiger partial charge >= 0.3 is 0 Å². The zero-order valence-electron chi connectivity index (χ0n) is 15.8. The van der Waals surface area contributed by atoms with Crippen LogP contribution in [0.2, 0.25) is 0 Å². The average Bonchev–Trinajstić information content (AvgIpc) is 2.87. The Balaban J connectivity index is 1.62. The molecule has 4 N–H and O–H groups in total. The molecule has 4 fully saturated rings. The molecule has 144 valence electrons. The van der Waals surface area contributed by atoms with Gasteiger partial charge in [-0.25, -0.2) is 0 Å². The SMILES string of the molecule is C[C@]12CCC(O)CC1CC[C@@H]1[C@@H]2CC[C@@]2(C)[C@H]1CCC2(O)C(O)CO. The van der Waals surface area contributed by atoms with E-state index in [1.165, 1.54) is 12.8 Å². The Hall–Kier alpha value is -0.160. The van der Waals surface area contributed by atoms with E-state index >= 15 is 0 Å². The monoisotopic (exact) mass is 352 g/mol. The van der Waals surface area contributed by atoms with Crippen LogP contribution in [0.1, 0.15) is 71.6 Å². The number of fused-ring (bicyclic) bond motifs is 5. The number of hydrogen-bond donors (Lipinski definition) is 4. The van der Waals surface area contributed by atoms with Crippen LogP contribution in [0.15, 0.2) is 0 Å². The molecule has 9 atom stereocenters. The molecule has 0 aromatic heterocycles. The van der Waals surface area contributed by atoms with Crippen LogP contribution in [-0.2, 0) is 0 Å². The summed E-state index contributed by atoms with van der Waals surface area (Å²) in [6, 6.07) is 0. The van der Waals surface area contributed by atoms with Gasteiger partial charge in [-0.3, -0.25) is 0 Å². The third kappa shape index (κ3) is 2.33. The molecular formula is C21H36O4. The lowest BCUT2D eigenvalue weighted by molar-refractivity contribution is -0.196. The van der Waals surface area contributed by atoms with Gasteiger partial charge in [0.1, 0.15) is 6.10 Å². The van der Waals surface area contributed by atoms with Crippen LogP contribution < -0.4 is 0 Å². The predicted octanol–water partition coefficient (Wildman–Crippen LogP) is 2.47. The Bertz CT molecular complexity index is 524. The van der Waals surface area contributed by atoms with Crippen LogP contribution in [0, 0.1) is 34.5 Å². The average molecular weight is 353 g/mol. The van der Waals surface area contributed by atoms with Crippen molar-refractivity contribution in [1.82, 2.24) is 0 Å². The lowest BCUT2D eigenvalue weighted by Gasteiger charge is -2.61. The van der Waals surface area contributed by atoms with E-state index in [2.05, 4.69) is 13.8 Å². The summed E-state index contributed by atoms with van der Waals surface area (Å²) in [5.74, 6) is 2.40. The first-order valence-electron chi connectivity index (χ1n) is 10.5. The molecule has 0 aromatic carbocycles. The summed E-state index contributed by atoms with van der Waals surface area (Å²) in [6.45, 7) is 4.27. The number of aliphatic hydroxyl groups is 4. The Morgan fingerprint density at radius 1 is 0.960 bits per heavy atom. The van der Waals surface area contributed by atoms with Gasteiger partial charge < -0.3 is 20.4 Å². The van der Waals surface area contributed by atoms with Crippen LogP contribution in [0.5, 0.6) is 0 Å². The summed E-state index contributed by atoms with van der Waals surface area (Å²) in [5, 5.41) is 41.3. The van der Waals surface area contributed by atoms with Crippen molar-refractivity contribution in [2.75, 3.05) is 6.61 Å². The van der Waals surface area contributed by atoms with Gasteiger partial charge in [0.25, 0.3) is 0 Å². The molecule has 0 aliphatic heterocycles. The molecule has 0 heterocycles. The summed E-state index contributed by atoms with van der Waals surface area (Å²) in [5.41, 5.74) is -1.09. The third-order valence-electron chi connectivity index (χ3n) is 9.58. The first-order valence-corrected chi connectivity index (χ1v) is 10.5. The summed E-state index contributed by atoms with van der Waals surface area (Å²) in [6.07, 6.45) is 7.92. The fraction of sp³-hybridized carbons (Fsp3) is 1.00. The van der Waals surface area contributed by atoms with Crippen molar-refractivity contribution in [2.45, 2.75) is 89.4 Å². The van der Waals surface area contributed by atoms with Crippen LogP contribution in [0.4, 0.5) is 0 Å². The second kappa shape index (κ2) is 5.92. The van der Waals surface area contributed by atoms with Gasteiger partial charge in [-0.05, 0) is 86.9 Å². The normalized spacial score (nSPS) is 56.6. The first kappa shape index (κ1) is 18.2. The molecule has 4 rings (SSSR count). The van der Waals surface area contributed by atoms with E-state index in [0.29, 0.717) is 35.5 Å². The van der Waals surface area contributed by atoms with Crippen molar-refractivity contribution < 1.29 is 20.4 Å². The zero-order valence-corrected chi connectivity index (χ0v) is 15.8. The minimum absolute atomic E-state index is 0.111. The van der Waals surface area contributed by atoms with Gasteiger partial charge in [0.2, 0.25) is 0 Å². The lowest BCUT2D eigenvalue weighted by atomic mass is 9.44. The van der Waals surface area contributed by atoms with E-state index in [-0.39, 0.29) is 18.1 Å². The molecule has 4 unspecified atom stereocenters. The lowest BCUT2D eigenvalue weighted by Crippen LogP contribution is -2.60. The van der Waals surface area contributed by atoms with E-state index in [4.69, 9.17) is 0 Å². The Morgan fingerprint density at radius 2 is 1.68 bits per heavy atom. The number of hydrogen-bond acceptors (Lipinski definition) is 4. The van der Waals surface area contributed by atoms with Gasteiger partial charge in [0.15, 0.2) is 0 Å². The van der Waals surface area contributed by atoms with Gasteiger partial charge in [-0.2, -0.15) is 0 Å². The van der Waals surface area contributed by atoms with Gasteiger partial charge in [0.05, 0.1) is 18.3 Å². The third-order valence-corrected chi connectivity index (χ3v) is 9.58. The molecule has 0 aromatic rings. The fourth-order valence-electron chi connectivity index (χ4n) is 7.98. The topological polar surface area (TPSA) is 80.9 Å². The van der Waals surface area contributed by atoms with E-state index in [1.807, 2.05) is 0 Å². The molecule has 0 saturated heterocycles. The molecule has 4 heteroatoms. The zero-order chi connectivity index (χ0) is 18.0. The minimum Gasteiger partial charge on any atom is -0.394 e. The second-order valence-electron chi connectivity index (χ2n) is 10.2. The van der Waals surface area contributed by atoms with Crippen LogP contribution in [0.3, 0.4) is 0 Å². The highest BCUT2D eigenvalue weighted by molar-refractivity contribution is 5.15. The van der Waals surface area contributed by atoms with E-state index in [1.54, 1.807) is 0 Å². The van der Waals surface area contributed by atoms with E-state index in [0.717, 1.165) is 38.5 Å². The molecule has 25 heavy (non-hydrogen) atoms. The standard InChI is InChI=1S/C21H36O4/c1-19-8-5-14(23)11-13(19)3-4-15-16(19)6-9-20(2)17(15)7-10-21(20,25)18(24)12-22/h13-18,22-25H,3-12H2,1-2H3/t13?,14?,15-,16+,17+,18?,19+,20+,21?/m1/s1. The maximum atomic E-state index is 11.3. The van der Waals surface area contributed by atoms with E-state index < -0.39 is 11.7 Å². The van der Waals surface area contributed by atoms with Crippen molar-refractivity contribution in [3.63, 3.8) is 0 Å². The van der Waals surface area contributed by atoms with Crippen LogP contribution in [0.25, 0.3) is 0 Å². The quantitative estimate of drug-likeness (QED) is 0.615. The Kier molecular flexibility index (Phi) is 4.31. The van der Waals surface area contributed by atoms with E-state index in [9.17, 15) is 20.4 Å². The van der Waals surface area contributed by atoms with Crippen LogP contribution in [-0.4, -0.2) is 44.8 Å². The molecule has 0 bridgehead atoms. The highest BCUT2D eigenvalue weighted by Crippen LogP contribution is 2.68. The van der Waals surface area contributed by atoms with Crippen molar-refractivity contribution in [3.8, 4) is 0 Å². The van der Waals surface area contributed by atoms with Crippen molar-refractivity contribution in [3.05, 3.63) is 0 Å². The molecule has 0 spiro atoms. The Morgan fingerprint density at radius 3 is 2.40 bits per heavy atom. The largest absolute Gasteiger partial charge is 0.394 e. The maximum Gasteiger partial charge on any atom is 0.106 e. The second-order valence-corrected chi connectivity index (χ2v) is 10.2. The highest BCUT2D eigenvalue weighted by Gasteiger charge is 2.66. The van der Waals surface area contributed by atoms with Gasteiger partial charge in [-0.1, -0.05) is 13.8 Å². The fourth-order valence-corrected chi connectivity index (χ4v) is 7.98. The Labute approximate surface area is 151 Å². The highest BCUT2D eigenvalue weighted by atomic mass is 16.4. The summed E-state index contributed by atoms with van der Waals surface area (Å²) >= 11 is 0. The summed E-state index contributed by atoms with van der Waals surface area (Å²) in [4.78, 5) is 0. The molecular weight excluding hydrogens is 316 g/mol. The smallest absolute Gasteiger partial charge is 0.106 e. The predicted molar refractivity (Wildman–Crippen MR) is 95.8 cm³/mol. The molecule has 4 nitrogen and oxygen atoms in total. The molecule has 4 aliphatic rings. The molecule has 0 radical (unpaired) electrons. The first-order chi connectivity index (χ1) is 11.8. The summed E-state index contributed by atoms with van der Waals surface area (Å²) < 4.78 is 0.